The van der Waals surface area contributed by atoms with E-state index in [1.807, 2.05) is 19.1 Å². The SMILES string of the molecule is COc1ccccc1NC(=O)CCSC(C)CC(=O)O. The van der Waals surface area contributed by atoms with E-state index in [9.17, 15) is 9.59 Å². The second-order valence-electron chi connectivity index (χ2n) is 4.28. The smallest absolute Gasteiger partial charge is 0.304 e. The minimum Gasteiger partial charge on any atom is -0.495 e. The molecule has 0 aliphatic heterocycles. The average Bonchev–Trinajstić information content (AvgIpc) is 2.38. The Morgan fingerprint density at radius 1 is 1.40 bits per heavy atom. The number of hydrogen-bond acceptors (Lipinski definition) is 4. The fourth-order valence-electron chi connectivity index (χ4n) is 1.62. The fourth-order valence-corrected chi connectivity index (χ4v) is 2.58. The molecule has 0 aliphatic rings. The maximum atomic E-state index is 11.8. The third kappa shape index (κ3) is 5.97. The van der Waals surface area contributed by atoms with Crippen molar-refractivity contribution < 1.29 is 19.4 Å². The van der Waals surface area contributed by atoms with Crippen LogP contribution in [0, 0.1) is 0 Å². The standard InChI is InChI=1S/C14H19NO4S/c1-10(9-14(17)18)20-8-7-13(16)15-11-5-3-4-6-12(11)19-2/h3-6,10H,7-9H2,1-2H3,(H,15,16)(H,17,18). The number of aliphatic carboxylic acids is 1. The number of amides is 1. The molecule has 0 saturated carbocycles. The van der Waals surface area contributed by atoms with Crippen LogP contribution >= 0.6 is 11.8 Å². The highest BCUT2D eigenvalue weighted by Crippen LogP contribution is 2.23. The molecule has 1 aromatic carbocycles. The van der Waals surface area contributed by atoms with Crippen molar-refractivity contribution >= 4 is 29.3 Å². The maximum Gasteiger partial charge on any atom is 0.304 e. The molecule has 0 fully saturated rings. The number of carbonyl (C=O) groups excluding carboxylic acids is 1. The summed E-state index contributed by atoms with van der Waals surface area (Å²) in [5, 5.41) is 11.4. The molecular formula is C14H19NO4S. The van der Waals surface area contributed by atoms with Crippen molar-refractivity contribution in [3.05, 3.63) is 24.3 Å². The Bertz CT molecular complexity index is 464. The second-order valence-corrected chi connectivity index (χ2v) is 5.82. The maximum absolute atomic E-state index is 11.8. The minimum atomic E-state index is -0.816. The lowest BCUT2D eigenvalue weighted by atomic mass is 10.3. The van der Waals surface area contributed by atoms with E-state index >= 15 is 0 Å². The molecule has 0 saturated heterocycles. The first-order chi connectivity index (χ1) is 9.52. The van der Waals surface area contributed by atoms with Crippen molar-refractivity contribution in [2.75, 3.05) is 18.2 Å². The molecule has 110 valence electrons. The van der Waals surface area contributed by atoms with Gasteiger partial charge in [-0.1, -0.05) is 19.1 Å². The van der Waals surface area contributed by atoms with Crippen molar-refractivity contribution in [3.8, 4) is 5.75 Å². The highest BCUT2D eigenvalue weighted by Gasteiger charge is 2.10. The summed E-state index contributed by atoms with van der Waals surface area (Å²) in [6.07, 6.45) is 0.450. The normalized spacial score (nSPS) is 11.7. The number of rotatable bonds is 8. The quantitative estimate of drug-likeness (QED) is 0.771. The molecule has 0 radical (unpaired) electrons. The number of nitrogens with one attached hydrogen (secondary N) is 1. The zero-order chi connectivity index (χ0) is 15.0. The molecule has 1 rings (SSSR count). The van der Waals surface area contributed by atoms with Gasteiger partial charge in [0.25, 0.3) is 0 Å². The van der Waals surface area contributed by atoms with Crippen LogP contribution in [-0.2, 0) is 9.59 Å². The third-order valence-electron chi connectivity index (χ3n) is 2.57. The van der Waals surface area contributed by atoms with Crippen LogP contribution in [-0.4, -0.2) is 35.1 Å². The first-order valence-electron chi connectivity index (χ1n) is 6.29. The van der Waals surface area contributed by atoms with E-state index in [0.29, 0.717) is 23.6 Å². The number of methoxy groups -OCH3 is 1. The summed E-state index contributed by atoms with van der Waals surface area (Å²) >= 11 is 1.48. The van der Waals surface area contributed by atoms with Crippen molar-refractivity contribution in [2.24, 2.45) is 0 Å². The highest BCUT2D eigenvalue weighted by atomic mass is 32.2. The Hall–Kier alpha value is -1.69. The highest BCUT2D eigenvalue weighted by molar-refractivity contribution is 7.99. The molecule has 0 bridgehead atoms. The van der Waals surface area contributed by atoms with Gasteiger partial charge < -0.3 is 15.2 Å². The third-order valence-corrected chi connectivity index (χ3v) is 3.75. The van der Waals surface area contributed by atoms with Gasteiger partial charge >= 0.3 is 5.97 Å². The van der Waals surface area contributed by atoms with Gasteiger partial charge in [-0.15, -0.1) is 0 Å². The Morgan fingerprint density at radius 2 is 2.10 bits per heavy atom. The summed E-state index contributed by atoms with van der Waals surface area (Å²) in [4.78, 5) is 22.3. The molecular weight excluding hydrogens is 278 g/mol. The second kappa shape index (κ2) is 8.47. The number of thioether (sulfide) groups is 1. The van der Waals surface area contributed by atoms with E-state index in [1.165, 1.54) is 11.8 Å². The number of benzene rings is 1. The van der Waals surface area contributed by atoms with Crippen molar-refractivity contribution in [3.63, 3.8) is 0 Å². The van der Waals surface area contributed by atoms with Gasteiger partial charge in [-0.3, -0.25) is 9.59 Å². The van der Waals surface area contributed by atoms with Gasteiger partial charge in [-0.25, -0.2) is 0 Å². The summed E-state index contributed by atoms with van der Waals surface area (Å²) < 4.78 is 5.15. The van der Waals surface area contributed by atoms with E-state index in [1.54, 1.807) is 19.2 Å². The molecule has 1 unspecified atom stereocenters. The number of ether oxygens (including phenoxy) is 1. The van der Waals surface area contributed by atoms with E-state index < -0.39 is 5.97 Å². The summed E-state index contributed by atoms with van der Waals surface area (Å²) in [5.41, 5.74) is 0.642. The molecule has 0 aliphatic carbocycles. The van der Waals surface area contributed by atoms with Gasteiger partial charge in [0.05, 0.1) is 19.2 Å². The van der Waals surface area contributed by atoms with Crippen LogP contribution in [0.4, 0.5) is 5.69 Å². The summed E-state index contributed by atoms with van der Waals surface area (Å²) in [6, 6.07) is 7.20. The van der Waals surface area contributed by atoms with Crippen molar-refractivity contribution in [1.82, 2.24) is 0 Å². The van der Waals surface area contributed by atoms with E-state index in [-0.39, 0.29) is 17.6 Å². The Kier molecular flexibility index (Phi) is 6.93. The van der Waals surface area contributed by atoms with Crippen LogP contribution in [0.1, 0.15) is 19.8 Å². The van der Waals surface area contributed by atoms with Crippen LogP contribution in [0.2, 0.25) is 0 Å². The number of carbonyl (C=O) groups is 2. The zero-order valence-corrected chi connectivity index (χ0v) is 12.4. The molecule has 0 aromatic heterocycles. The van der Waals surface area contributed by atoms with E-state index in [2.05, 4.69) is 5.32 Å². The Morgan fingerprint density at radius 3 is 2.75 bits per heavy atom. The van der Waals surface area contributed by atoms with E-state index in [0.717, 1.165) is 0 Å². The van der Waals surface area contributed by atoms with Crippen LogP contribution in [0.15, 0.2) is 24.3 Å². The molecule has 1 amide bonds. The molecule has 1 atom stereocenters. The Labute approximate surface area is 122 Å². The van der Waals surface area contributed by atoms with Gasteiger partial charge in [0.15, 0.2) is 0 Å². The predicted octanol–water partition coefficient (Wildman–Crippen LogP) is 2.62. The van der Waals surface area contributed by atoms with Crippen LogP contribution in [0.5, 0.6) is 5.75 Å². The topological polar surface area (TPSA) is 75.6 Å². The number of para-hydroxylation sites is 2. The summed E-state index contributed by atoms with van der Waals surface area (Å²) in [6.45, 7) is 1.84. The van der Waals surface area contributed by atoms with Crippen molar-refractivity contribution in [2.45, 2.75) is 25.0 Å². The van der Waals surface area contributed by atoms with Gasteiger partial charge in [-0.05, 0) is 12.1 Å². The fraction of sp³-hybridized carbons (Fsp3) is 0.429. The van der Waals surface area contributed by atoms with Gasteiger partial charge in [-0.2, -0.15) is 11.8 Å². The number of carboxylic acids is 1. The first-order valence-corrected chi connectivity index (χ1v) is 7.34. The van der Waals surface area contributed by atoms with Crippen LogP contribution in [0.3, 0.4) is 0 Å². The minimum absolute atomic E-state index is 0.00608. The van der Waals surface area contributed by atoms with Gasteiger partial charge in [0, 0.05) is 17.4 Å². The zero-order valence-electron chi connectivity index (χ0n) is 11.6. The molecule has 20 heavy (non-hydrogen) atoms. The number of hydrogen-bond donors (Lipinski definition) is 2. The lowest BCUT2D eigenvalue weighted by molar-refractivity contribution is -0.136. The number of anilines is 1. The molecule has 6 heteroatoms. The number of carboxylic acid groups (broad SMARTS) is 1. The molecule has 5 nitrogen and oxygen atoms in total. The van der Waals surface area contributed by atoms with Gasteiger partial charge in [0.2, 0.25) is 5.91 Å². The predicted molar refractivity (Wildman–Crippen MR) is 80.4 cm³/mol. The largest absolute Gasteiger partial charge is 0.495 e. The lowest BCUT2D eigenvalue weighted by Gasteiger charge is -2.11. The average molecular weight is 297 g/mol. The van der Waals surface area contributed by atoms with Crippen LogP contribution in [0.25, 0.3) is 0 Å². The van der Waals surface area contributed by atoms with Gasteiger partial charge in [0.1, 0.15) is 5.75 Å². The molecule has 2 N–H and O–H groups in total. The van der Waals surface area contributed by atoms with E-state index in [4.69, 9.17) is 9.84 Å². The molecule has 1 aromatic rings. The summed E-state index contributed by atoms with van der Waals surface area (Å²) in [5.74, 6) is 0.288. The molecule has 0 heterocycles. The lowest BCUT2D eigenvalue weighted by Crippen LogP contribution is -2.14. The van der Waals surface area contributed by atoms with Crippen LogP contribution < -0.4 is 10.1 Å². The molecule has 0 spiro atoms. The Balaban J connectivity index is 2.35. The first kappa shape index (κ1) is 16.4. The summed E-state index contributed by atoms with van der Waals surface area (Å²) in [7, 11) is 1.55. The monoisotopic (exact) mass is 297 g/mol. The van der Waals surface area contributed by atoms with Crippen molar-refractivity contribution in [1.29, 1.82) is 0 Å².